The molecule has 0 heterocycles. The Morgan fingerprint density at radius 1 is 1.04 bits per heavy atom. The highest BCUT2D eigenvalue weighted by Crippen LogP contribution is 2.17. The van der Waals surface area contributed by atoms with Gasteiger partial charge in [0.2, 0.25) is 5.91 Å². The monoisotopic (exact) mass is 357 g/mol. The molecule has 2 aromatic carbocycles. The van der Waals surface area contributed by atoms with E-state index in [9.17, 15) is 14.0 Å². The Balaban J connectivity index is 2.10. The number of halogens is 1. The van der Waals surface area contributed by atoms with E-state index in [1.807, 2.05) is 31.2 Å². The van der Waals surface area contributed by atoms with Crippen molar-refractivity contribution >= 4 is 23.3 Å². The quantitative estimate of drug-likeness (QED) is 0.822. The number of urea groups is 1. The summed E-state index contributed by atoms with van der Waals surface area (Å²) < 4.78 is 13.2. The van der Waals surface area contributed by atoms with E-state index in [1.165, 1.54) is 29.2 Å². The van der Waals surface area contributed by atoms with Crippen molar-refractivity contribution < 1.29 is 14.0 Å². The molecule has 0 bridgehead atoms. The Bertz CT molecular complexity index is 743. The lowest BCUT2D eigenvalue weighted by Gasteiger charge is -2.24. The topological polar surface area (TPSA) is 61.4 Å². The van der Waals surface area contributed by atoms with Crippen LogP contribution in [0, 0.1) is 18.7 Å². The van der Waals surface area contributed by atoms with Crippen molar-refractivity contribution in [3.63, 3.8) is 0 Å². The van der Waals surface area contributed by atoms with Gasteiger partial charge in [-0.05, 0) is 43.3 Å². The third kappa shape index (κ3) is 5.58. The van der Waals surface area contributed by atoms with Gasteiger partial charge in [0, 0.05) is 30.4 Å². The van der Waals surface area contributed by atoms with Gasteiger partial charge in [0.1, 0.15) is 5.82 Å². The van der Waals surface area contributed by atoms with Crippen molar-refractivity contribution in [3.05, 3.63) is 59.9 Å². The SMILES string of the molecule is Cc1ccc(NC(=O)N(CCNC(=O)C(C)C)c2ccc(F)cc2)cc1. The van der Waals surface area contributed by atoms with Crippen molar-refractivity contribution in [2.45, 2.75) is 20.8 Å². The van der Waals surface area contributed by atoms with E-state index >= 15 is 0 Å². The molecule has 138 valence electrons. The number of anilines is 2. The first kappa shape index (κ1) is 19.4. The van der Waals surface area contributed by atoms with Crippen LogP contribution in [0.4, 0.5) is 20.6 Å². The zero-order valence-corrected chi connectivity index (χ0v) is 15.3. The van der Waals surface area contributed by atoms with Crippen LogP contribution in [-0.2, 0) is 4.79 Å². The summed E-state index contributed by atoms with van der Waals surface area (Å²) in [4.78, 5) is 25.9. The lowest BCUT2D eigenvalue weighted by atomic mass is 10.2. The maximum Gasteiger partial charge on any atom is 0.326 e. The first-order chi connectivity index (χ1) is 12.4. The van der Waals surface area contributed by atoms with Gasteiger partial charge < -0.3 is 10.6 Å². The minimum absolute atomic E-state index is 0.0806. The molecule has 26 heavy (non-hydrogen) atoms. The van der Waals surface area contributed by atoms with Crippen LogP contribution in [0.1, 0.15) is 19.4 Å². The van der Waals surface area contributed by atoms with Gasteiger partial charge in [-0.3, -0.25) is 9.69 Å². The number of hydrogen-bond acceptors (Lipinski definition) is 2. The molecule has 2 aromatic rings. The van der Waals surface area contributed by atoms with Crippen LogP contribution in [-0.4, -0.2) is 25.0 Å². The fourth-order valence-electron chi connectivity index (χ4n) is 2.29. The van der Waals surface area contributed by atoms with Gasteiger partial charge in [-0.1, -0.05) is 31.5 Å². The average Bonchev–Trinajstić information content (AvgIpc) is 2.61. The molecule has 0 fully saturated rings. The van der Waals surface area contributed by atoms with Gasteiger partial charge in [-0.25, -0.2) is 9.18 Å². The number of carbonyl (C=O) groups is 2. The van der Waals surface area contributed by atoms with Crippen molar-refractivity contribution in [2.75, 3.05) is 23.3 Å². The standard InChI is InChI=1S/C20H24FN3O2/c1-14(2)19(25)22-12-13-24(18-10-6-16(21)7-11-18)20(26)23-17-8-4-15(3)5-9-17/h4-11,14H,12-13H2,1-3H3,(H,22,25)(H,23,26). The van der Waals surface area contributed by atoms with Crippen molar-refractivity contribution in [3.8, 4) is 0 Å². The Morgan fingerprint density at radius 3 is 2.23 bits per heavy atom. The zero-order valence-electron chi connectivity index (χ0n) is 15.3. The normalized spacial score (nSPS) is 10.5. The number of amides is 3. The summed E-state index contributed by atoms with van der Waals surface area (Å²) in [5.41, 5.74) is 2.31. The van der Waals surface area contributed by atoms with E-state index in [4.69, 9.17) is 0 Å². The number of hydrogen-bond donors (Lipinski definition) is 2. The van der Waals surface area contributed by atoms with Crippen LogP contribution >= 0.6 is 0 Å². The molecule has 0 aliphatic rings. The van der Waals surface area contributed by atoms with Gasteiger partial charge in [0.05, 0.1) is 0 Å². The number of aryl methyl sites for hydroxylation is 1. The predicted octanol–water partition coefficient (Wildman–Crippen LogP) is 3.94. The molecule has 2 rings (SSSR count). The molecule has 2 N–H and O–H groups in total. The molecule has 5 nitrogen and oxygen atoms in total. The number of nitrogens with zero attached hydrogens (tertiary/aromatic N) is 1. The molecule has 0 unspecified atom stereocenters. The highest BCUT2D eigenvalue weighted by atomic mass is 19.1. The van der Waals surface area contributed by atoms with E-state index in [0.29, 0.717) is 17.9 Å². The molecule has 0 atom stereocenters. The molecule has 6 heteroatoms. The minimum Gasteiger partial charge on any atom is -0.354 e. The van der Waals surface area contributed by atoms with Crippen LogP contribution in [0.3, 0.4) is 0 Å². The fourth-order valence-corrected chi connectivity index (χ4v) is 2.29. The summed E-state index contributed by atoms with van der Waals surface area (Å²) >= 11 is 0. The van der Waals surface area contributed by atoms with Crippen LogP contribution < -0.4 is 15.5 Å². The zero-order chi connectivity index (χ0) is 19.1. The molecule has 0 saturated carbocycles. The molecule has 0 spiro atoms. The molecule has 0 aliphatic carbocycles. The number of nitrogens with one attached hydrogen (secondary N) is 2. The van der Waals surface area contributed by atoms with E-state index in [1.54, 1.807) is 13.8 Å². The van der Waals surface area contributed by atoms with E-state index in [0.717, 1.165) is 5.56 Å². The highest BCUT2D eigenvalue weighted by Gasteiger charge is 2.17. The van der Waals surface area contributed by atoms with Crippen LogP contribution in [0.25, 0.3) is 0 Å². The largest absolute Gasteiger partial charge is 0.354 e. The Labute approximate surface area is 153 Å². The smallest absolute Gasteiger partial charge is 0.326 e. The fraction of sp³-hybridized carbons (Fsp3) is 0.300. The predicted molar refractivity (Wildman–Crippen MR) is 102 cm³/mol. The molecule has 0 aliphatic heterocycles. The van der Waals surface area contributed by atoms with Gasteiger partial charge >= 0.3 is 6.03 Å². The molecule has 0 aromatic heterocycles. The highest BCUT2D eigenvalue weighted by molar-refractivity contribution is 6.01. The van der Waals surface area contributed by atoms with Gasteiger partial charge in [0.25, 0.3) is 0 Å². The molecule has 0 radical (unpaired) electrons. The lowest BCUT2D eigenvalue weighted by molar-refractivity contribution is -0.123. The average molecular weight is 357 g/mol. The summed E-state index contributed by atoms with van der Waals surface area (Å²) in [6, 6.07) is 12.8. The number of benzene rings is 2. The first-order valence-corrected chi connectivity index (χ1v) is 8.55. The number of carbonyl (C=O) groups excluding carboxylic acids is 2. The van der Waals surface area contributed by atoms with Gasteiger partial charge in [0.15, 0.2) is 0 Å². The third-order valence-corrected chi connectivity index (χ3v) is 3.85. The molecular formula is C20H24FN3O2. The lowest BCUT2D eigenvalue weighted by Crippen LogP contribution is -2.41. The Hall–Kier alpha value is -2.89. The second kappa shape index (κ2) is 8.99. The molecule has 3 amide bonds. The summed E-state index contributed by atoms with van der Waals surface area (Å²) in [6.07, 6.45) is 0. The van der Waals surface area contributed by atoms with E-state index < -0.39 is 0 Å². The number of rotatable bonds is 6. The van der Waals surface area contributed by atoms with Crippen LogP contribution in [0.15, 0.2) is 48.5 Å². The maximum absolute atomic E-state index is 13.2. The van der Waals surface area contributed by atoms with Gasteiger partial charge in [-0.2, -0.15) is 0 Å². The van der Waals surface area contributed by atoms with Crippen molar-refractivity contribution in [1.82, 2.24) is 5.32 Å². The summed E-state index contributed by atoms with van der Waals surface area (Å²) in [7, 11) is 0. The summed E-state index contributed by atoms with van der Waals surface area (Å²) in [5, 5.41) is 5.61. The van der Waals surface area contributed by atoms with Crippen LogP contribution in [0.5, 0.6) is 0 Å². The van der Waals surface area contributed by atoms with Crippen molar-refractivity contribution in [1.29, 1.82) is 0 Å². The van der Waals surface area contributed by atoms with Crippen molar-refractivity contribution in [2.24, 2.45) is 5.92 Å². The summed E-state index contributed by atoms with van der Waals surface area (Å²) in [5.74, 6) is -0.584. The first-order valence-electron chi connectivity index (χ1n) is 8.55. The van der Waals surface area contributed by atoms with Crippen LogP contribution in [0.2, 0.25) is 0 Å². The van der Waals surface area contributed by atoms with E-state index in [-0.39, 0.29) is 30.2 Å². The maximum atomic E-state index is 13.2. The second-order valence-electron chi connectivity index (χ2n) is 6.37. The van der Waals surface area contributed by atoms with Gasteiger partial charge in [-0.15, -0.1) is 0 Å². The molecule has 0 saturated heterocycles. The third-order valence-electron chi connectivity index (χ3n) is 3.85. The second-order valence-corrected chi connectivity index (χ2v) is 6.37. The Kier molecular flexibility index (Phi) is 6.72. The Morgan fingerprint density at radius 2 is 1.65 bits per heavy atom. The summed E-state index contributed by atoms with van der Waals surface area (Å²) in [6.45, 7) is 6.14. The van der Waals surface area contributed by atoms with E-state index in [2.05, 4.69) is 10.6 Å². The minimum atomic E-state index is -0.374. The molecular weight excluding hydrogens is 333 g/mol.